The van der Waals surface area contributed by atoms with Gasteiger partial charge in [0.2, 0.25) is 11.8 Å². The quantitative estimate of drug-likeness (QED) is 0.369. The summed E-state index contributed by atoms with van der Waals surface area (Å²) in [6, 6.07) is 8.05. The summed E-state index contributed by atoms with van der Waals surface area (Å²) < 4.78 is 0. The number of likely N-dealkylation sites (N-methyl/N-ethyl adjacent to an activating group) is 2. The molecule has 0 fully saturated rings. The molecule has 0 heterocycles. The fourth-order valence-corrected chi connectivity index (χ4v) is 4.49. The van der Waals surface area contributed by atoms with Gasteiger partial charge in [-0.3, -0.25) is 9.59 Å². The van der Waals surface area contributed by atoms with Crippen molar-refractivity contribution in [3.05, 3.63) is 47.5 Å². The van der Waals surface area contributed by atoms with Crippen LogP contribution < -0.4 is 10.6 Å². The van der Waals surface area contributed by atoms with Crippen molar-refractivity contribution in [3.63, 3.8) is 0 Å². The van der Waals surface area contributed by atoms with Crippen LogP contribution in [0.2, 0.25) is 0 Å². The largest absolute Gasteiger partial charge is 0.478 e. The van der Waals surface area contributed by atoms with Crippen LogP contribution in [0.1, 0.15) is 73.8 Å². The van der Waals surface area contributed by atoms with E-state index in [9.17, 15) is 19.5 Å². The maximum atomic E-state index is 13.8. The zero-order chi connectivity index (χ0) is 27.8. The Morgan fingerprint density at radius 3 is 2.00 bits per heavy atom. The first-order valence-corrected chi connectivity index (χ1v) is 12.8. The Bertz CT molecular complexity index is 916. The van der Waals surface area contributed by atoms with Crippen LogP contribution in [0.3, 0.4) is 0 Å². The van der Waals surface area contributed by atoms with E-state index in [4.69, 9.17) is 0 Å². The van der Waals surface area contributed by atoms with Crippen molar-refractivity contribution in [1.29, 1.82) is 0 Å². The molecule has 0 unspecified atom stereocenters. The highest BCUT2D eigenvalue weighted by molar-refractivity contribution is 5.91. The van der Waals surface area contributed by atoms with Crippen molar-refractivity contribution in [1.82, 2.24) is 15.5 Å². The van der Waals surface area contributed by atoms with Gasteiger partial charge in [-0.05, 0) is 36.8 Å². The molecule has 0 aliphatic heterocycles. The third kappa shape index (κ3) is 8.19. The summed E-state index contributed by atoms with van der Waals surface area (Å²) in [4.78, 5) is 40.7. The molecule has 0 saturated carbocycles. The molecule has 202 valence electrons. The second kappa shape index (κ2) is 13.0. The Kier molecular flexibility index (Phi) is 11.4. The summed E-state index contributed by atoms with van der Waals surface area (Å²) in [5, 5.41) is 15.7. The minimum atomic E-state index is -0.979. The van der Waals surface area contributed by atoms with E-state index in [2.05, 4.69) is 10.6 Å². The van der Waals surface area contributed by atoms with Gasteiger partial charge < -0.3 is 20.6 Å². The molecule has 0 aliphatic rings. The highest BCUT2D eigenvalue weighted by Gasteiger charge is 2.41. The molecule has 0 bridgehead atoms. The summed E-state index contributed by atoms with van der Waals surface area (Å²) >= 11 is 0. The zero-order valence-corrected chi connectivity index (χ0v) is 23.8. The molecule has 0 aliphatic carbocycles. The van der Waals surface area contributed by atoms with Crippen molar-refractivity contribution in [2.24, 2.45) is 11.3 Å². The Morgan fingerprint density at radius 2 is 1.58 bits per heavy atom. The number of rotatable bonds is 12. The number of carbonyl (C=O) groups is 3. The van der Waals surface area contributed by atoms with Crippen LogP contribution in [0.5, 0.6) is 0 Å². The van der Waals surface area contributed by atoms with E-state index in [1.165, 1.54) is 0 Å². The Labute approximate surface area is 217 Å². The number of nitrogens with one attached hydrogen (secondary N) is 2. The van der Waals surface area contributed by atoms with Gasteiger partial charge >= 0.3 is 5.97 Å². The first-order chi connectivity index (χ1) is 16.6. The summed E-state index contributed by atoms with van der Waals surface area (Å²) in [5.41, 5.74) is 0.190. The van der Waals surface area contributed by atoms with Gasteiger partial charge in [-0.2, -0.15) is 0 Å². The first-order valence-electron chi connectivity index (χ1n) is 12.8. The van der Waals surface area contributed by atoms with Crippen LogP contribution in [0.4, 0.5) is 0 Å². The number of nitrogens with zero attached hydrogens (tertiary/aromatic N) is 1. The topological polar surface area (TPSA) is 98.7 Å². The number of carboxylic acid groups (broad SMARTS) is 1. The standard InChI is InChI=1S/C29H47N3O4/c1-11-20(27(35)36)18-22(17-19(2)3)32(10)26(34)24(28(4,5)6)31-25(33)23(30-9)29(7,8)21-15-13-12-14-16-21/h12-16,18-19,22-24,30H,11,17H2,1-10H3,(H,31,33)(H,35,36)/b20-18+/t22-,23-,24-/m1/s1. The summed E-state index contributed by atoms with van der Waals surface area (Å²) in [6.07, 6.45) is 2.66. The molecular formula is C29H47N3O4. The lowest BCUT2D eigenvalue weighted by molar-refractivity contribution is -0.140. The van der Waals surface area contributed by atoms with E-state index in [0.717, 1.165) is 5.56 Å². The van der Waals surface area contributed by atoms with E-state index in [1.807, 2.05) is 78.8 Å². The highest BCUT2D eigenvalue weighted by atomic mass is 16.4. The fraction of sp³-hybridized carbons (Fsp3) is 0.621. The third-order valence-electron chi connectivity index (χ3n) is 6.80. The minimum Gasteiger partial charge on any atom is -0.478 e. The summed E-state index contributed by atoms with van der Waals surface area (Å²) in [5.74, 6) is -1.24. The van der Waals surface area contributed by atoms with Crippen molar-refractivity contribution in [3.8, 4) is 0 Å². The molecule has 0 radical (unpaired) electrons. The Morgan fingerprint density at radius 1 is 1.03 bits per heavy atom. The van der Waals surface area contributed by atoms with E-state index < -0.39 is 34.9 Å². The number of amides is 2. The molecular weight excluding hydrogens is 454 g/mol. The molecule has 1 rings (SSSR count). The molecule has 7 heteroatoms. The molecule has 0 saturated heterocycles. The van der Waals surface area contributed by atoms with Crippen molar-refractivity contribution >= 4 is 17.8 Å². The maximum Gasteiger partial charge on any atom is 0.331 e. The number of carboxylic acids is 1. The molecule has 36 heavy (non-hydrogen) atoms. The highest BCUT2D eigenvalue weighted by Crippen LogP contribution is 2.29. The van der Waals surface area contributed by atoms with Gasteiger partial charge in [-0.15, -0.1) is 0 Å². The zero-order valence-electron chi connectivity index (χ0n) is 23.8. The van der Waals surface area contributed by atoms with Gasteiger partial charge in [-0.25, -0.2) is 4.79 Å². The van der Waals surface area contributed by atoms with Crippen LogP contribution >= 0.6 is 0 Å². The molecule has 2 amide bonds. The second-order valence-electron chi connectivity index (χ2n) is 11.6. The first kappa shape index (κ1) is 31.4. The lowest BCUT2D eigenvalue weighted by Gasteiger charge is -2.39. The number of aliphatic carboxylic acids is 1. The van der Waals surface area contributed by atoms with Gasteiger partial charge in [-0.1, -0.05) is 91.8 Å². The van der Waals surface area contributed by atoms with Crippen LogP contribution in [-0.2, 0) is 19.8 Å². The molecule has 3 N–H and O–H groups in total. The Balaban J connectivity index is 3.33. The van der Waals surface area contributed by atoms with Crippen molar-refractivity contribution in [2.45, 2.75) is 91.8 Å². The second-order valence-corrected chi connectivity index (χ2v) is 11.6. The number of hydrogen-bond donors (Lipinski definition) is 3. The number of carbonyl (C=O) groups excluding carboxylic acids is 2. The van der Waals surface area contributed by atoms with E-state index >= 15 is 0 Å². The predicted molar refractivity (Wildman–Crippen MR) is 146 cm³/mol. The SMILES string of the molecule is CC/C(=C\[C@@H](CC(C)C)N(C)C(=O)[C@@H](NC(=O)[C@@H](NC)C(C)(C)c1ccccc1)C(C)(C)C)C(=O)O. The molecule has 1 aromatic carbocycles. The molecule has 7 nitrogen and oxygen atoms in total. The number of hydrogen-bond acceptors (Lipinski definition) is 4. The third-order valence-corrected chi connectivity index (χ3v) is 6.80. The van der Waals surface area contributed by atoms with Gasteiger partial charge in [0.1, 0.15) is 6.04 Å². The van der Waals surface area contributed by atoms with E-state index in [0.29, 0.717) is 12.8 Å². The van der Waals surface area contributed by atoms with E-state index in [-0.39, 0.29) is 23.3 Å². The minimum absolute atomic E-state index is 0.244. The van der Waals surface area contributed by atoms with E-state index in [1.54, 1.807) is 32.0 Å². The summed E-state index contributed by atoms with van der Waals surface area (Å²) in [6.45, 7) is 15.6. The van der Waals surface area contributed by atoms with Crippen LogP contribution in [0, 0.1) is 11.3 Å². The Hall–Kier alpha value is -2.67. The normalized spacial score (nSPS) is 15.2. The fourth-order valence-electron chi connectivity index (χ4n) is 4.49. The monoisotopic (exact) mass is 501 g/mol. The molecule has 1 aromatic rings. The summed E-state index contributed by atoms with van der Waals surface area (Å²) in [7, 11) is 3.44. The molecule has 3 atom stereocenters. The van der Waals surface area contributed by atoms with Gasteiger partial charge in [0.05, 0.1) is 12.1 Å². The maximum absolute atomic E-state index is 13.8. The van der Waals surface area contributed by atoms with Crippen LogP contribution in [0.15, 0.2) is 42.0 Å². The average molecular weight is 502 g/mol. The smallest absolute Gasteiger partial charge is 0.331 e. The number of benzene rings is 1. The van der Waals surface area contributed by atoms with Gasteiger partial charge in [0.25, 0.3) is 0 Å². The van der Waals surface area contributed by atoms with Crippen molar-refractivity contribution < 1.29 is 19.5 Å². The van der Waals surface area contributed by atoms with Crippen LogP contribution in [-0.4, -0.2) is 60.0 Å². The van der Waals surface area contributed by atoms with Gasteiger partial charge in [0.15, 0.2) is 0 Å². The predicted octanol–water partition coefficient (Wildman–Crippen LogP) is 4.38. The van der Waals surface area contributed by atoms with Crippen molar-refractivity contribution in [2.75, 3.05) is 14.1 Å². The molecule has 0 aromatic heterocycles. The van der Waals surface area contributed by atoms with Crippen LogP contribution in [0.25, 0.3) is 0 Å². The van der Waals surface area contributed by atoms with Gasteiger partial charge in [0, 0.05) is 18.0 Å². The lowest BCUT2D eigenvalue weighted by atomic mass is 9.76. The average Bonchev–Trinajstić information content (AvgIpc) is 2.78. The molecule has 0 spiro atoms. The lowest BCUT2D eigenvalue weighted by Crippen LogP contribution is -2.61.